The van der Waals surface area contributed by atoms with Crippen molar-refractivity contribution in [3.05, 3.63) is 41.1 Å². The highest BCUT2D eigenvalue weighted by Crippen LogP contribution is 2.33. The summed E-state index contributed by atoms with van der Waals surface area (Å²) in [6.45, 7) is 17.4. The number of nitrogens with zero attached hydrogens (tertiary/aromatic N) is 3. The van der Waals surface area contributed by atoms with Crippen LogP contribution in [-0.2, 0) is 10.8 Å². The van der Waals surface area contributed by atoms with Gasteiger partial charge in [-0.05, 0) is 53.9 Å². The highest BCUT2D eigenvalue weighted by Gasteiger charge is 2.22. The smallest absolute Gasteiger partial charge is 0.227 e. The standard InChI is InChI=1S/C24H37N5/c1-16-14-26-22(29-10-8-9-19(25)15-29)28-21(16)27-20-12-17(23(2,3)4)11-18(13-20)24(5,6)7/h11-14,19H,8-10,15,25H2,1-7H3,(H,26,27,28)/t19-/m1/s1. The third-order valence-corrected chi connectivity index (χ3v) is 5.63. The van der Waals surface area contributed by atoms with Crippen molar-refractivity contribution in [1.29, 1.82) is 0 Å². The summed E-state index contributed by atoms with van der Waals surface area (Å²) in [6, 6.07) is 7.02. The van der Waals surface area contributed by atoms with Crippen molar-refractivity contribution in [2.45, 2.75) is 78.2 Å². The topological polar surface area (TPSA) is 67.1 Å². The zero-order valence-corrected chi connectivity index (χ0v) is 19.1. The fourth-order valence-electron chi connectivity index (χ4n) is 3.61. The van der Waals surface area contributed by atoms with Gasteiger partial charge >= 0.3 is 0 Å². The second kappa shape index (κ2) is 7.94. The molecule has 0 spiro atoms. The van der Waals surface area contributed by atoms with Crippen LogP contribution >= 0.6 is 0 Å². The molecule has 2 aromatic rings. The van der Waals surface area contributed by atoms with Crippen LogP contribution in [-0.4, -0.2) is 29.1 Å². The number of aromatic nitrogens is 2. The average Bonchev–Trinajstić information content (AvgIpc) is 2.62. The number of anilines is 3. The predicted molar refractivity (Wildman–Crippen MR) is 123 cm³/mol. The summed E-state index contributed by atoms with van der Waals surface area (Å²) in [4.78, 5) is 11.6. The molecule has 1 saturated heterocycles. The molecular weight excluding hydrogens is 358 g/mol. The van der Waals surface area contributed by atoms with Crippen molar-refractivity contribution in [1.82, 2.24) is 9.97 Å². The van der Waals surface area contributed by atoms with Gasteiger partial charge in [0.15, 0.2) is 0 Å². The van der Waals surface area contributed by atoms with Gasteiger partial charge in [0, 0.05) is 36.6 Å². The average molecular weight is 396 g/mol. The van der Waals surface area contributed by atoms with Gasteiger partial charge in [0.05, 0.1) is 0 Å². The summed E-state index contributed by atoms with van der Waals surface area (Å²) in [6.07, 6.45) is 4.06. The molecule has 1 atom stereocenters. The Bertz CT molecular complexity index is 828. The Kier molecular flexibility index (Phi) is 5.91. The maximum Gasteiger partial charge on any atom is 0.227 e. The van der Waals surface area contributed by atoms with Gasteiger partial charge in [-0.25, -0.2) is 4.98 Å². The van der Waals surface area contributed by atoms with Gasteiger partial charge in [-0.1, -0.05) is 47.6 Å². The third-order valence-electron chi connectivity index (χ3n) is 5.63. The minimum Gasteiger partial charge on any atom is -0.340 e. The lowest BCUT2D eigenvalue weighted by atomic mass is 9.80. The lowest BCUT2D eigenvalue weighted by molar-refractivity contribution is 0.500. The number of benzene rings is 1. The first-order valence-electron chi connectivity index (χ1n) is 10.7. The molecule has 1 aromatic heterocycles. The van der Waals surface area contributed by atoms with Gasteiger partial charge in [-0.15, -0.1) is 0 Å². The molecular formula is C24H37N5. The largest absolute Gasteiger partial charge is 0.340 e. The SMILES string of the molecule is Cc1cnc(N2CCC[C@@H](N)C2)nc1Nc1cc(C(C)(C)C)cc(C(C)(C)C)c1. The van der Waals surface area contributed by atoms with Crippen molar-refractivity contribution < 1.29 is 0 Å². The molecule has 2 heterocycles. The van der Waals surface area contributed by atoms with Crippen molar-refractivity contribution in [2.75, 3.05) is 23.3 Å². The first-order chi connectivity index (χ1) is 13.4. The lowest BCUT2D eigenvalue weighted by Crippen LogP contribution is -2.43. The van der Waals surface area contributed by atoms with Crippen LogP contribution in [0.15, 0.2) is 24.4 Å². The van der Waals surface area contributed by atoms with Crippen molar-refractivity contribution >= 4 is 17.5 Å². The predicted octanol–water partition coefficient (Wildman–Crippen LogP) is 5.05. The molecule has 5 nitrogen and oxygen atoms in total. The highest BCUT2D eigenvalue weighted by molar-refractivity contribution is 5.63. The molecule has 0 amide bonds. The summed E-state index contributed by atoms with van der Waals surface area (Å²) in [7, 11) is 0. The molecule has 0 bridgehead atoms. The number of hydrogen-bond acceptors (Lipinski definition) is 5. The quantitative estimate of drug-likeness (QED) is 0.761. The van der Waals surface area contributed by atoms with E-state index in [1.165, 1.54) is 11.1 Å². The van der Waals surface area contributed by atoms with E-state index in [9.17, 15) is 0 Å². The molecule has 0 aliphatic carbocycles. The summed E-state index contributed by atoms with van der Waals surface area (Å²) in [5.41, 5.74) is 11.1. The molecule has 1 aliphatic heterocycles. The van der Waals surface area contributed by atoms with E-state index in [2.05, 4.69) is 74.9 Å². The Morgan fingerprint density at radius 1 is 1.03 bits per heavy atom. The molecule has 0 unspecified atom stereocenters. The minimum absolute atomic E-state index is 0.0769. The Morgan fingerprint density at radius 3 is 2.21 bits per heavy atom. The number of hydrogen-bond donors (Lipinski definition) is 2. The fraction of sp³-hybridized carbons (Fsp3) is 0.583. The monoisotopic (exact) mass is 395 g/mol. The second-order valence-corrected chi connectivity index (χ2v) is 10.5. The highest BCUT2D eigenvalue weighted by atomic mass is 15.3. The molecule has 158 valence electrons. The third kappa shape index (κ3) is 5.27. The Balaban J connectivity index is 1.96. The molecule has 5 heteroatoms. The second-order valence-electron chi connectivity index (χ2n) is 10.5. The van der Waals surface area contributed by atoms with E-state index in [-0.39, 0.29) is 16.9 Å². The van der Waals surface area contributed by atoms with Gasteiger partial charge < -0.3 is 16.0 Å². The van der Waals surface area contributed by atoms with E-state index < -0.39 is 0 Å². The molecule has 3 rings (SSSR count). The van der Waals surface area contributed by atoms with E-state index in [4.69, 9.17) is 10.7 Å². The fourth-order valence-corrected chi connectivity index (χ4v) is 3.61. The molecule has 1 fully saturated rings. The molecule has 3 N–H and O–H groups in total. The minimum atomic E-state index is 0.0769. The van der Waals surface area contributed by atoms with E-state index in [0.29, 0.717) is 0 Å². The van der Waals surface area contributed by atoms with Crippen LogP contribution < -0.4 is 16.0 Å². The van der Waals surface area contributed by atoms with Crippen molar-refractivity contribution in [3.8, 4) is 0 Å². The van der Waals surface area contributed by atoms with Crippen LogP contribution in [0.1, 0.15) is 71.1 Å². The molecule has 0 saturated carbocycles. The number of nitrogens with two attached hydrogens (primary N) is 1. The Labute approximate surface area is 176 Å². The first-order valence-corrected chi connectivity index (χ1v) is 10.7. The maximum absolute atomic E-state index is 6.16. The number of rotatable bonds is 3. The van der Waals surface area contributed by atoms with Gasteiger partial charge in [0.25, 0.3) is 0 Å². The van der Waals surface area contributed by atoms with Crippen LogP contribution in [0.5, 0.6) is 0 Å². The van der Waals surface area contributed by atoms with Crippen molar-refractivity contribution in [3.63, 3.8) is 0 Å². The summed E-state index contributed by atoms with van der Waals surface area (Å²) < 4.78 is 0. The van der Waals surface area contributed by atoms with E-state index in [1.54, 1.807) is 0 Å². The van der Waals surface area contributed by atoms with Gasteiger partial charge in [0.1, 0.15) is 5.82 Å². The normalized spacial score (nSPS) is 18.1. The van der Waals surface area contributed by atoms with Gasteiger partial charge in [0.2, 0.25) is 5.95 Å². The number of piperidine rings is 1. The van der Waals surface area contributed by atoms with E-state index in [1.807, 2.05) is 13.1 Å². The zero-order valence-electron chi connectivity index (χ0n) is 19.1. The number of aryl methyl sites for hydroxylation is 1. The van der Waals surface area contributed by atoms with Crippen LogP contribution in [0.2, 0.25) is 0 Å². The molecule has 1 aliphatic rings. The molecule has 29 heavy (non-hydrogen) atoms. The van der Waals surface area contributed by atoms with Crippen LogP contribution in [0.4, 0.5) is 17.5 Å². The van der Waals surface area contributed by atoms with E-state index >= 15 is 0 Å². The molecule has 0 radical (unpaired) electrons. The summed E-state index contributed by atoms with van der Waals surface area (Å²) >= 11 is 0. The van der Waals surface area contributed by atoms with Gasteiger partial charge in [-0.2, -0.15) is 4.98 Å². The maximum atomic E-state index is 6.16. The van der Waals surface area contributed by atoms with Gasteiger partial charge in [-0.3, -0.25) is 0 Å². The zero-order chi connectivity index (χ0) is 21.4. The Morgan fingerprint density at radius 2 is 1.66 bits per heavy atom. The van der Waals surface area contributed by atoms with Crippen LogP contribution in [0.25, 0.3) is 0 Å². The lowest BCUT2D eigenvalue weighted by Gasteiger charge is -2.31. The first kappa shape index (κ1) is 21.6. The Hall–Kier alpha value is -2.14. The number of nitrogens with one attached hydrogen (secondary N) is 1. The van der Waals surface area contributed by atoms with Crippen molar-refractivity contribution in [2.24, 2.45) is 5.73 Å². The summed E-state index contributed by atoms with van der Waals surface area (Å²) in [5, 5.41) is 3.58. The molecule has 1 aromatic carbocycles. The summed E-state index contributed by atoms with van der Waals surface area (Å²) in [5.74, 6) is 1.62. The van der Waals surface area contributed by atoms with E-state index in [0.717, 1.165) is 48.9 Å². The van der Waals surface area contributed by atoms with Crippen LogP contribution in [0.3, 0.4) is 0 Å². The van der Waals surface area contributed by atoms with Crippen LogP contribution in [0, 0.1) is 6.92 Å².